The van der Waals surface area contributed by atoms with Gasteiger partial charge in [-0.05, 0) is 28.1 Å². The third-order valence-corrected chi connectivity index (χ3v) is 1.84. The molecule has 0 saturated heterocycles. The minimum Gasteiger partial charge on any atom is -0.465 e. The molecule has 70 valence electrons. The van der Waals surface area contributed by atoms with E-state index in [0.717, 1.165) is 0 Å². The molecule has 0 aromatic carbocycles. The lowest BCUT2D eigenvalue weighted by molar-refractivity contribution is 0.0601. The average Bonchev–Trinajstić information content (AvgIpc) is 2.16. The molecule has 0 saturated carbocycles. The van der Waals surface area contributed by atoms with Crippen molar-refractivity contribution in [3.63, 3.8) is 0 Å². The largest absolute Gasteiger partial charge is 0.465 e. The second-order valence-corrected chi connectivity index (χ2v) is 2.98. The second-order valence-electron chi connectivity index (χ2n) is 2.17. The molecule has 3 N–H and O–H groups in total. The molecule has 0 spiro atoms. The van der Waals surface area contributed by atoms with Crippen molar-refractivity contribution in [2.24, 2.45) is 5.84 Å². The molecular formula is C7H8BrN3O2. The smallest absolute Gasteiger partial charge is 0.341 e. The summed E-state index contributed by atoms with van der Waals surface area (Å²) in [6.07, 6.45) is 0. The lowest BCUT2D eigenvalue weighted by atomic mass is 10.2. The van der Waals surface area contributed by atoms with Gasteiger partial charge in [-0.15, -0.1) is 0 Å². The fourth-order valence-electron chi connectivity index (χ4n) is 0.820. The number of hydrogen-bond donors (Lipinski definition) is 2. The molecule has 0 aliphatic heterocycles. The maximum absolute atomic E-state index is 11.1. The zero-order valence-electron chi connectivity index (χ0n) is 6.87. The van der Waals surface area contributed by atoms with Crippen LogP contribution < -0.4 is 11.3 Å². The standard InChI is InChI=1S/C7H8BrN3O2/c1-13-7(12)4-2-3-5(8)10-6(4)11-9/h2-3H,9H2,1H3,(H,10,11). The number of carbonyl (C=O) groups excluding carboxylic acids is 1. The van der Waals surface area contributed by atoms with Crippen LogP contribution in [0.1, 0.15) is 10.4 Å². The third-order valence-electron chi connectivity index (χ3n) is 1.40. The van der Waals surface area contributed by atoms with Gasteiger partial charge in [-0.1, -0.05) is 0 Å². The van der Waals surface area contributed by atoms with Crippen LogP contribution in [0.25, 0.3) is 0 Å². The monoisotopic (exact) mass is 245 g/mol. The van der Waals surface area contributed by atoms with Gasteiger partial charge in [-0.3, -0.25) is 0 Å². The van der Waals surface area contributed by atoms with E-state index in [4.69, 9.17) is 5.84 Å². The van der Waals surface area contributed by atoms with Gasteiger partial charge in [0.25, 0.3) is 0 Å². The van der Waals surface area contributed by atoms with Gasteiger partial charge in [0.2, 0.25) is 0 Å². The van der Waals surface area contributed by atoms with Crippen molar-refractivity contribution in [2.75, 3.05) is 12.5 Å². The molecule has 5 nitrogen and oxygen atoms in total. The number of pyridine rings is 1. The first-order chi connectivity index (χ1) is 6.19. The van der Waals surface area contributed by atoms with Gasteiger partial charge in [-0.25, -0.2) is 15.6 Å². The number of esters is 1. The summed E-state index contributed by atoms with van der Waals surface area (Å²) in [6, 6.07) is 3.20. The zero-order chi connectivity index (χ0) is 9.84. The van der Waals surface area contributed by atoms with Gasteiger partial charge in [-0.2, -0.15) is 0 Å². The normalized spacial score (nSPS) is 9.46. The Morgan fingerprint density at radius 3 is 2.92 bits per heavy atom. The molecule has 0 aliphatic carbocycles. The van der Waals surface area contributed by atoms with E-state index < -0.39 is 5.97 Å². The Bertz CT molecular complexity index is 330. The topological polar surface area (TPSA) is 77.2 Å². The number of rotatable bonds is 2. The summed E-state index contributed by atoms with van der Waals surface area (Å²) in [7, 11) is 1.30. The summed E-state index contributed by atoms with van der Waals surface area (Å²) in [6.45, 7) is 0. The Balaban J connectivity index is 3.13. The SMILES string of the molecule is COC(=O)c1ccc(Br)nc1NN. The Morgan fingerprint density at radius 1 is 1.69 bits per heavy atom. The van der Waals surface area contributed by atoms with Crippen LogP contribution in [-0.2, 0) is 4.74 Å². The first-order valence-electron chi connectivity index (χ1n) is 3.40. The summed E-state index contributed by atoms with van der Waals surface area (Å²) in [5, 5.41) is 0. The van der Waals surface area contributed by atoms with Crippen molar-refractivity contribution in [3.8, 4) is 0 Å². The molecule has 1 heterocycles. The number of anilines is 1. The van der Waals surface area contributed by atoms with E-state index in [1.165, 1.54) is 7.11 Å². The van der Waals surface area contributed by atoms with E-state index in [0.29, 0.717) is 10.2 Å². The Hall–Kier alpha value is -1.14. The minimum atomic E-state index is -0.479. The predicted octanol–water partition coefficient (Wildman–Crippen LogP) is 0.916. The highest BCUT2D eigenvalue weighted by molar-refractivity contribution is 9.10. The van der Waals surface area contributed by atoms with Gasteiger partial charge in [0, 0.05) is 0 Å². The van der Waals surface area contributed by atoms with Crippen LogP contribution in [0.15, 0.2) is 16.7 Å². The van der Waals surface area contributed by atoms with Crippen molar-refractivity contribution >= 4 is 27.7 Å². The minimum absolute atomic E-state index is 0.279. The number of halogens is 1. The van der Waals surface area contributed by atoms with E-state index in [-0.39, 0.29) is 5.82 Å². The number of nitrogens with zero attached hydrogens (tertiary/aromatic N) is 1. The maximum Gasteiger partial charge on any atom is 0.341 e. The average molecular weight is 246 g/mol. The van der Waals surface area contributed by atoms with Crippen LogP contribution in [-0.4, -0.2) is 18.1 Å². The summed E-state index contributed by atoms with van der Waals surface area (Å²) in [5.41, 5.74) is 2.61. The van der Waals surface area contributed by atoms with E-state index in [1.54, 1.807) is 12.1 Å². The molecule has 0 aliphatic rings. The van der Waals surface area contributed by atoms with Crippen LogP contribution in [0.2, 0.25) is 0 Å². The predicted molar refractivity (Wildman–Crippen MR) is 51.1 cm³/mol. The van der Waals surface area contributed by atoms with Gasteiger partial charge in [0.05, 0.1) is 7.11 Å². The van der Waals surface area contributed by atoms with Gasteiger partial charge >= 0.3 is 5.97 Å². The second kappa shape index (κ2) is 4.20. The van der Waals surface area contributed by atoms with Crippen molar-refractivity contribution in [2.45, 2.75) is 0 Å². The molecule has 1 rings (SSSR count). The zero-order valence-corrected chi connectivity index (χ0v) is 8.46. The fraction of sp³-hybridized carbons (Fsp3) is 0.143. The molecule has 0 fully saturated rings. The number of nitrogens with two attached hydrogens (primary N) is 1. The molecular weight excluding hydrogens is 238 g/mol. The van der Waals surface area contributed by atoms with E-state index in [1.807, 2.05) is 0 Å². The molecule has 1 aromatic heterocycles. The van der Waals surface area contributed by atoms with Crippen molar-refractivity contribution in [1.82, 2.24) is 4.98 Å². The summed E-state index contributed by atoms with van der Waals surface area (Å²) >= 11 is 3.15. The van der Waals surface area contributed by atoms with Crippen molar-refractivity contribution in [1.29, 1.82) is 0 Å². The van der Waals surface area contributed by atoms with Crippen LogP contribution in [0.4, 0.5) is 5.82 Å². The highest BCUT2D eigenvalue weighted by Crippen LogP contribution is 2.16. The van der Waals surface area contributed by atoms with Crippen LogP contribution in [0, 0.1) is 0 Å². The molecule has 0 atom stereocenters. The lowest BCUT2D eigenvalue weighted by Crippen LogP contribution is -2.14. The first kappa shape index (κ1) is 9.94. The van der Waals surface area contributed by atoms with E-state index in [9.17, 15) is 4.79 Å². The van der Waals surface area contributed by atoms with Crippen molar-refractivity contribution < 1.29 is 9.53 Å². The first-order valence-corrected chi connectivity index (χ1v) is 4.20. The number of hydrazine groups is 1. The van der Waals surface area contributed by atoms with Gasteiger partial charge in [0.15, 0.2) is 5.82 Å². The lowest BCUT2D eigenvalue weighted by Gasteiger charge is -2.05. The molecule has 13 heavy (non-hydrogen) atoms. The highest BCUT2D eigenvalue weighted by atomic mass is 79.9. The molecule has 1 aromatic rings. The number of methoxy groups -OCH3 is 1. The Labute approximate surface area is 83.4 Å². The van der Waals surface area contributed by atoms with Crippen LogP contribution in [0.5, 0.6) is 0 Å². The summed E-state index contributed by atoms with van der Waals surface area (Å²) < 4.78 is 5.12. The van der Waals surface area contributed by atoms with Crippen LogP contribution >= 0.6 is 15.9 Å². The molecule has 0 unspecified atom stereocenters. The number of aromatic nitrogens is 1. The van der Waals surface area contributed by atoms with Gasteiger partial charge < -0.3 is 10.2 Å². The van der Waals surface area contributed by atoms with Crippen molar-refractivity contribution in [3.05, 3.63) is 22.3 Å². The Kier molecular flexibility index (Phi) is 3.21. The quantitative estimate of drug-likeness (QED) is 0.351. The maximum atomic E-state index is 11.1. The van der Waals surface area contributed by atoms with E-state index in [2.05, 4.69) is 31.1 Å². The fourth-order valence-corrected chi connectivity index (χ4v) is 1.13. The van der Waals surface area contributed by atoms with Gasteiger partial charge in [0.1, 0.15) is 10.2 Å². The summed E-state index contributed by atoms with van der Waals surface area (Å²) in [5.74, 6) is 4.97. The number of ether oxygens (including phenoxy) is 1. The number of hydrogen-bond acceptors (Lipinski definition) is 5. The number of nitrogens with one attached hydrogen (secondary N) is 1. The number of carbonyl (C=O) groups is 1. The van der Waals surface area contributed by atoms with Crippen LogP contribution in [0.3, 0.4) is 0 Å². The highest BCUT2D eigenvalue weighted by Gasteiger charge is 2.12. The third kappa shape index (κ3) is 2.16. The Morgan fingerprint density at radius 2 is 2.38 bits per heavy atom. The van der Waals surface area contributed by atoms with E-state index >= 15 is 0 Å². The molecule has 0 amide bonds. The molecule has 0 bridgehead atoms. The number of nitrogen functional groups attached to an aromatic ring is 1. The molecule has 6 heteroatoms. The summed E-state index contributed by atoms with van der Waals surface area (Å²) in [4.78, 5) is 15.1. The molecule has 0 radical (unpaired) electrons.